The Bertz CT molecular complexity index is 837. The molecule has 0 atom stereocenters. The van der Waals surface area contributed by atoms with Crippen LogP contribution in [0.25, 0.3) is 11.1 Å². The van der Waals surface area contributed by atoms with Gasteiger partial charge in [-0.15, -0.1) is 0 Å². The fraction of sp³-hybridized carbons (Fsp3) is 0.423. The highest BCUT2D eigenvalue weighted by atomic mass is 16.6. The molecule has 5 nitrogen and oxygen atoms in total. The van der Waals surface area contributed by atoms with Gasteiger partial charge >= 0.3 is 5.97 Å². The summed E-state index contributed by atoms with van der Waals surface area (Å²) in [4.78, 5) is 11.5. The van der Waals surface area contributed by atoms with Gasteiger partial charge in [0.2, 0.25) is 0 Å². The molecule has 0 heterocycles. The van der Waals surface area contributed by atoms with Gasteiger partial charge in [-0.3, -0.25) is 0 Å². The van der Waals surface area contributed by atoms with E-state index in [1.165, 1.54) is 5.56 Å². The Balaban J connectivity index is 2.11. The van der Waals surface area contributed by atoms with Crippen molar-refractivity contribution in [2.24, 2.45) is 5.92 Å². The number of ether oxygens (including phenoxy) is 2. The van der Waals surface area contributed by atoms with Crippen molar-refractivity contribution in [1.82, 2.24) is 0 Å². The molecule has 0 aromatic heterocycles. The van der Waals surface area contributed by atoms with E-state index in [4.69, 9.17) is 9.47 Å². The van der Waals surface area contributed by atoms with E-state index in [0.717, 1.165) is 48.1 Å². The second-order valence-electron chi connectivity index (χ2n) is 7.81. The van der Waals surface area contributed by atoms with E-state index in [9.17, 15) is 15.0 Å². The Labute approximate surface area is 185 Å². The van der Waals surface area contributed by atoms with E-state index < -0.39 is 5.97 Å². The number of rotatable bonds is 13. The summed E-state index contributed by atoms with van der Waals surface area (Å²) in [6.45, 7) is 7.77. The molecule has 0 aliphatic rings. The molecule has 2 aromatic carbocycles. The molecule has 2 N–H and O–H groups in total. The van der Waals surface area contributed by atoms with E-state index in [2.05, 4.69) is 56.0 Å². The maximum atomic E-state index is 11.5. The Kier molecular flexibility index (Phi) is 10.3. The number of esters is 1. The quantitative estimate of drug-likeness (QED) is 0.283. The van der Waals surface area contributed by atoms with Crippen molar-refractivity contribution in [2.75, 3.05) is 26.4 Å². The molecule has 0 bridgehead atoms. The Morgan fingerprint density at radius 1 is 1.00 bits per heavy atom. The first-order chi connectivity index (χ1) is 15.0. The molecule has 0 radical (unpaired) electrons. The predicted octanol–water partition coefficient (Wildman–Crippen LogP) is 4.34. The van der Waals surface area contributed by atoms with Gasteiger partial charge in [0.1, 0.15) is 19.0 Å². The summed E-state index contributed by atoms with van der Waals surface area (Å²) in [7, 11) is 0. The van der Waals surface area contributed by atoms with Gasteiger partial charge in [0, 0.05) is 30.3 Å². The number of aryl methyl sites for hydroxylation is 2. The second-order valence-corrected chi connectivity index (χ2v) is 7.81. The zero-order chi connectivity index (χ0) is 22.6. The predicted molar refractivity (Wildman–Crippen MR) is 123 cm³/mol. The fourth-order valence-electron chi connectivity index (χ4n) is 3.24. The van der Waals surface area contributed by atoms with Gasteiger partial charge in [0.25, 0.3) is 0 Å². The lowest BCUT2D eigenvalue weighted by molar-refractivity contribution is -0.139. The van der Waals surface area contributed by atoms with Crippen molar-refractivity contribution in [3.05, 3.63) is 65.7 Å². The summed E-state index contributed by atoms with van der Waals surface area (Å²) in [5.41, 5.74) is 4.76. The van der Waals surface area contributed by atoms with Gasteiger partial charge in [0.15, 0.2) is 0 Å². The van der Waals surface area contributed by atoms with Crippen LogP contribution >= 0.6 is 0 Å². The zero-order valence-electron chi connectivity index (χ0n) is 18.6. The van der Waals surface area contributed by atoms with Crippen LogP contribution < -0.4 is 4.74 Å². The molecule has 5 heteroatoms. The number of carbonyl (C=O) groups is 1. The van der Waals surface area contributed by atoms with Crippen molar-refractivity contribution >= 4 is 5.97 Å². The van der Waals surface area contributed by atoms with Crippen LogP contribution in [0.1, 0.15) is 37.8 Å². The monoisotopic (exact) mass is 426 g/mol. The smallest absolute Gasteiger partial charge is 0.333 e. The summed E-state index contributed by atoms with van der Waals surface area (Å²) in [5, 5.41) is 18.5. The molecule has 0 amide bonds. The number of hydrogen-bond donors (Lipinski definition) is 2. The Morgan fingerprint density at radius 2 is 1.68 bits per heavy atom. The average Bonchev–Trinajstić information content (AvgIpc) is 2.78. The maximum Gasteiger partial charge on any atom is 0.333 e. The van der Waals surface area contributed by atoms with Crippen molar-refractivity contribution in [2.45, 2.75) is 39.5 Å². The minimum atomic E-state index is -0.413. The topological polar surface area (TPSA) is 76.0 Å². The van der Waals surface area contributed by atoms with Crippen LogP contribution in [0.4, 0.5) is 0 Å². The molecule has 2 aromatic rings. The van der Waals surface area contributed by atoms with Crippen molar-refractivity contribution < 1.29 is 24.5 Å². The van der Waals surface area contributed by atoms with E-state index in [-0.39, 0.29) is 32.3 Å². The first-order valence-corrected chi connectivity index (χ1v) is 10.9. The molecular weight excluding hydrogens is 392 g/mol. The third-order valence-corrected chi connectivity index (χ3v) is 5.13. The molecule has 0 saturated carbocycles. The lowest BCUT2D eigenvalue weighted by atomic mass is 9.97. The number of benzene rings is 2. The van der Waals surface area contributed by atoms with Crippen LogP contribution in [0.5, 0.6) is 5.75 Å². The van der Waals surface area contributed by atoms with Crippen molar-refractivity contribution in [3.8, 4) is 16.9 Å². The Morgan fingerprint density at radius 3 is 2.29 bits per heavy atom. The second kappa shape index (κ2) is 12.9. The molecular formula is C26H34O5. The molecule has 0 fully saturated rings. The van der Waals surface area contributed by atoms with Gasteiger partial charge in [0.05, 0.1) is 0 Å². The minimum absolute atomic E-state index is 0.00106. The first kappa shape index (κ1) is 24.6. The van der Waals surface area contributed by atoms with E-state index in [1.807, 2.05) is 0 Å². The fourth-order valence-corrected chi connectivity index (χ4v) is 3.24. The highest BCUT2D eigenvalue weighted by Gasteiger charge is 2.10. The van der Waals surface area contributed by atoms with Crippen LogP contribution in [0.3, 0.4) is 0 Å². The summed E-state index contributed by atoms with van der Waals surface area (Å²) in [6.07, 6.45) is 3.57. The van der Waals surface area contributed by atoms with Crippen LogP contribution in [-0.2, 0) is 22.4 Å². The minimum Gasteiger partial charge on any atom is -0.489 e. The summed E-state index contributed by atoms with van der Waals surface area (Å²) < 4.78 is 11.1. The van der Waals surface area contributed by atoms with Gasteiger partial charge in [-0.05, 0) is 48.9 Å². The van der Waals surface area contributed by atoms with Gasteiger partial charge in [-0.1, -0.05) is 56.3 Å². The van der Waals surface area contributed by atoms with Crippen molar-refractivity contribution in [3.63, 3.8) is 0 Å². The summed E-state index contributed by atoms with van der Waals surface area (Å²) in [6, 6.07) is 14.5. The van der Waals surface area contributed by atoms with Crippen LogP contribution in [-0.4, -0.2) is 42.6 Å². The zero-order valence-corrected chi connectivity index (χ0v) is 18.6. The highest BCUT2D eigenvalue weighted by Crippen LogP contribution is 2.32. The van der Waals surface area contributed by atoms with Crippen molar-refractivity contribution in [1.29, 1.82) is 0 Å². The summed E-state index contributed by atoms with van der Waals surface area (Å²) in [5.74, 6) is 0.277. The molecule has 0 unspecified atom stereocenters. The molecule has 0 spiro atoms. The highest BCUT2D eigenvalue weighted by molar-refractivity contribution is 5.86. The molecule has 0 saturated heterocycles. The Hall–Kier alpha value is -2.63. The number of carbonyl (C=O) groups excluding carboxylic acids is 1. The average molecular weight is 427 g/mol. The molecule has 2 rings (SSSR count). The van der Waals surface area contributed by atoms with E-state index >= 15 is 0 Å². The lowest BCUT2D eigenvalue weighted by Crippen LogP contribution is -2.12. The molecule has 31 heavy (non-hydrogen) atoms. The van der Waals surface area contributed by atoms with E-state index in [1.54, 1.807) is 6.92 Å². The largest absolute Gasteiger partial charge is 0.489 e. The molecule has 0 aliphatic carbocycles. The van der Waals surface area contributed by atoms with Gasteiger partial charge < -0.3 is 19.7 Å². The SMILES string of the molecule is C=C(C)C(=O)OCCOc1cc(CCC)ccc1-c1ccc(CCC(CO)CO)cc1. The van der Waals surface area contributed by atoms with Crippen LogP contribution in [0, 0.1) is 5.92 Å². The number of aliphatic hydroxyl groups is 2. The standard InChI is InChI=1S/C26H34O5/c1-4-5-21-10-13-24(25(16-21)30-14-15-31-26(29)19(2)3)23-11-8-20(9-12-23)6-7-22(17-27)18-28/h8-13,16,22,27-28H,2,4-7,14-15,17-18H2,1,3H3. The first-order valence-electron chi connectivity index (χ1n) is 10.9. The molecule has 0 aliphatic heterocycles. The van der Waals surface area contributed by atoms with Crippen LogP contribution in [0.15, 0.2) is 54.6 Å². The normalized spacial score (nSPS) is 10.9. The third-order valence-electron chi connectivity index (χ3n) is 5.13. The number of hydrogen-bond acceptors (Lipinski definition) is 5. The number of aliphatic hydroxyl groups excluding tert-OH is 2. The van der Waals surface area contributed by atoms with Gasteiger partial charge in [-0.2, -0.15) is 0 Å². The van der Waals surface area contributed by atoms with Crippen LogP contribution in [0.2, 0.25) is 0 Å². The van der Waals surface area contributed by atoms with E-state index in [0.29, 0.717) is 5.57 Å². The van der Waals surface area contributed by atoms with Gasteiger partial charge in [-0.25, -0.2) is 4.79 Å². The molecule has 168 valence electrons. The summed E-state index contributed by atoms with van der Waals surface area (Å²) >= 11 is 0. The third kappa shape index (κ3) is 7.85. The maximum absolute atomic E-state index is 11.5. The lowest BCUT2D eigenvalue weighted by Gasteiger charge is -2.15.